The molecule has 0 unspecified atom stereocenters. The van der Waals surface area contributed by atoms with Gasteiger partial charge in [-0.25, -0.2) is 4.98 Å². The molecule has 7 nitrogen and oxygen atoms in total. The third-order valence-corrected chi connectivity index (χ3v) is 4.94. The molecule has 1 atom stereocenters. The molecule has 1 saturated carbocycles. The van der Waals surface area contributed by atoms with Crippen molar-refractivity contribution in [3.8, 4) is 0 Å². The van der Waals surface area contributed by atoms with Crippen LogP contribution < -0.4 is 0 Å². The fraction of sp³-hybridized carbons (Fsp3) is 0.588. The fourth-order valence-electron chi connectivity index (χ4n) is 3.60. The molecule has 2 aromatic rings. The van der Waals surface area contributed by atoms with Crippen LogP contribution in [0.4, 0.5) is 0 Å². The lowest BCUT2D eigenvalue weighted by atomic mass is 10.1. The van der Waals surface area contributed by atoms with E-state index in [1.165, 1.54) is 38.3 Å². The predicted molar refractivity (Wildman–Crippen MR) is 85.2 cm³/mol. The van der Waals surface area contributed by atoms with E-state index in [-0.39, 0.29) is 12.0 Å². The summed E-state index contributed by atoms with van der Waals surface area (Å²) in [6.45, 7) is 2.50. The summed E-state index contributed by atoms with van der Waals surface area (Å²) >= 11 is 0. The van der Waals surface area contributed by atoms with Crippen molar-refractivity contribution < 1.29 is 13.9 Å². The SMILES string of the molecule is O=C(c1cocn1)N1Cc2ccnn2C[C@H](OCC2CCCC2)C1. The molecular formula is C17H22N4O3. The molecule has 0 aromatic carbocycles. The van der Waals surface area contributed by atoms with E-state index in [0.29, 0.717) is 31.2 Å². The van der Waals surface area contributed by atoms with Crippen LogP contribution in [-0.4, -0.2) is 44.8 Å². The van der Waals surface area contributed by atoms with E-state index in [0.717, 1.165) is 12.3 Å². The minimum Gasteiger partial charge on any atom is -0.451 e. The lowest BCUT2D eigenvalue weighted by Crippen LogP contribution is -2.38. The highest BCUT2D eigenvalue weighted by molar-refractivity contribution is 5.91. The number of amides is 1. The Bertz CT molecular complexity index is 676. The largest absolute Gasteiger partial charge is 0.451 e. The number of hydrogen-bond acceptors (Lipinski definition) is 5. The van der Waals surface area contributed by atoms with E-state index in [1.807, 2.05) is 10.7 Å². The number of fused-ring (bicyclic) bond motifs is 1. The van der Waals surface area contributed by atoms with Crippen molar-refractivity contribution in [1.29, 1.82) is 0 Å². The van der Waals surface area contributed by atoms with Crippen LogP contribution in [0.2, 0.25) is 0 Å². The molecule has 1 aliphatic heterocycles. The van der Waals surface area contributed by atoms with Gasteiger partial charge in [0, 0.05) is 19.3 Å². The summed E-state index contributed by atoms with van der Waals surface area (Å²) in [5, 5.41) is 4.37. The van der Waals surface area contributed by atoms with E-state index >= 15 is 0 Å². The van der Waals surface area contributed by atoms with Crippen molar-refractivity contribution in [2.24, 2.45) is 5.92 Å². The summed E-state index contributed by atoms with van der Waals surface area (Å²) < 4.78 is 13.1. The van der Waals surface area contributed by atoms with Crippen molar-refractivity contribution >= 4 is 5.91 Å². The maximum atomic E-state index is 12.7. The van der Waals surface area contributed by atoms with Crippen LogP contribution >= 0.6 is 0 Å². The van der Waals surface area contributed by atoms with Gasteiger partial charge in [0.15, 0.2) is 12.1 Å². The summed E-state index contributed by atoms with van der Waals surface area (Å²) in [5.74, 6) is 0.526. The number of ether oxygens (including phenoxy) is 1. The second-order valence-corrected chi connectivity index (χ2v) is 6.67. The Balaban J connectivity index is 1.48. The number of carbonyl (C=O) groups is 1. The summed E-state index contributed by atoms with van der Waals surface area (Å²) in [6, 6.07) is 1.95. The summed E-state index contributed by atoms with van der Waals surface area (Å²) in [6.07, 6.45) is 9.50. The highest BCUT2D eigenvalue weighted by atomic mass is 16.5. The third kappa shape index (κ3) is 3.21. The van der Waals surface area contributed by atoms with Crippen molar-refractivity contribution in [2.75, 3.05) is 13.2 Å². The topological polar surface area (TPSA) is 73.4 Å². The number of carbonyl (C=O) groups excluding carboxylic acids is 1. The molecule has 24 heavy (non-hydrogen) atoms. The number of aromatic nitrogens is 3. The van der Waals surface area contributed by atoms with Gasteiger partial charge in [0.25, 0.3) is 5.91 Å². The maximum Gasteiger partial charge on any atom is 0.276 e. The molecule has 3 heterocycles. The van der Waals surface area contributed by atoms with Crippen LogP contribution in [0.25, 0.3) is 0 Å². The molecule has 4 rings (SSSR count). The molecule has 0 saturated heterocycles. The quantitative estimate of drug-likeness (QED) is 0.858. The Morgan fingerprint density at radius 3 is 3.00 bits per heavy atom. The Labute approximate surface area is 140 Å². The highest BCUT2D eigenvalue weighted by Crippen LogP contribution is 2.26. The van der Waals surface area contributed by atoms with Gasteiger partial charge in [-0.15, -0.1) is 0 Å². The van der Waals surface area contributed by atoms with E-state index in [2.05, 4.69) is 10.1 Å². The average molecular weight is 330 g/mol. The van der Waals surface area contributed by atoms with Crippen LogP contribution in [0.15, 0.2) is 29.3 Å². The average Bonchev–Trinajstić information content (AvgIpc) is 3.33. The molecule has 0 spiro atoms. The molecule has 1 fully saturated rings. The van der Waals surface area contributed by atoms with Crippen molar-refractivity contribution in [3.63, 3.8) is 0 Å². The summed E-state index contributed by atoms with van der Waals surface area (Å²) in [5.41, 5.74) is 1.34. The smallest absolute Gasteiger partial charge is 0.276 e. The van der Waals surface area contributed by atoms with E-state index in [9.17, 15) is 4.79 Å². The highest BCUT2D eigenvalue weighted by Gasteiger charge is 2.28. The van der Waals surface area contributed by atoms with Crippen LogP contribution in [-0.2, 0) is 17.8 Å². The molecular weight excluding hydrogens is 308 g/mol. The van der Waals surface area contributed by atoms with E-state index in [4.69, 9.17) is 9.15 Å². The molecule has 128 valence electrons. The number of rotatable bonds is 4. The Morgan fingerprint density at radius 2 is 2.21 bits per heavy atom. The van der Waals surface area contributed by atoms with Gasteiger partial charge >= 0.3 is 0 Å². The standard InChI is InChI=1S/C17H22N4O3/c22-17(16-11-23-12-18-16)20-7-14-5-6-19-21(14)9-15(8-20)24-10-13-3-1-2-4-13/h5-6,11-13,15H,1-4,7-10H2/t15-/m1/s1. The zero-order valence-electron chi connectivity index (χ0n) is 13.6. The second kappa shape index (κ2) is 6.76. The molecule has 2 aromatic heterocycles. The van der Waals surface area contributed by atoms with Gasteiger partial charge in [0.2, 0.25) is 0 Å². The van der Waals surface area contributed by atoms with Crippen molar-refractivity contribution in [2.45, 2.75) is 44.9 Å². The minimum absolute atomic E-state index is 0.0531. The van der Waals surface area contributed by atoms with Gasteiger partial charge in [0.05, 0.1) is 24.9 Å². The fourth-order valence-corrected chi connectivity index (χ4v) is 3.60. The summed E-state index contributed by atoms with van der Waals surface area (Å²) in [4.78, 5) is 18.4. The van der Waals surface area contributed by atoms with Crippen LogP contribution in [0.3, 0.4) is 0 Å². The van der Waals surface area contributed by atoms with Crippen molar-refractivity contribution in [3.05, 3.63) is 36.3 Å². The van der Waals surface area contributed by atoms with Crippen LogP contribution in [0.5, 0.6) is 0 Å². The maximum absolute atomic E-state index is 12.7. The first-order valence-corrected chi connectivity index (χ1v) is 8.59. The van der Waals surface area contributed by atoms with Crippen LogP contribution in [0, 0.1) is 5.92 Å². The monoisotopic (exact) mass is 330 g/mol. The molecule has 7 heteroatoms. The molecule has 0 radical (unpaired) electrons. The lowest BCUT2D eigenvalue weighted by molar-refractivity contribution is 0.00278. The van der Waals surface area contributed by atoms with Gasteiger partial charge < -0.3 is 14.1 Å². The normalized spacial score (nSPS) is 21.7. The molecule has 1 amide bonds. The molecule has 0 N–H and O–H groups in total. The minimum atomic E-state index is -0.132. The third-order valence-electron chi connectivity index (χ3n) is 4.94. The number of nitrogens with zero attached hydrogens (tertiary/aromatic N) is 4. The Hall–Kier alpha value is -2.15. The van der Waals surface area contributed by atoms with Gasteiger partial charge in [-0.1, -0.05) is 12.8 Å². The first-order valence-electron chi connectivity index (χ1n) is 8.59. The number of hydrogen-bond donors (Lipinski definition) is 0. The zero-order chi connectivity index (χ0) is 16.4. The zero-order valence-corrected chi connectivity index (χ0v) is 13.6. The molecule has 1 aliphatic carbocycles. The summed E-state index contributed by atoms with van der Waals surface area (Å²) in [7, 11) is 0. The van der Waals surface area contributed by atoms with Crippen molar-refractivity contribution in [1.82, 2.24) is 19.7 Å². The predicted octanol–water partition coefficient (Wildman–Crippen LogP) is 2.10. The first kappa shape index (κ1) is 15.4. The molecule has 0 bridgehead atoms. The second-order valence-electron chi connectivity index (χ2n) is 6.67. The van der Waals surface area contributed by atoms with E-state index < -0.39 is 0 Å². The Morgan fingerprint density at radius 1 is 1.33 bits per heavy atom. The van der Waals surface area contributed by atoms with Gasteiger partial charge in [-0.3, -0.25) is 9.48 Å². The first-order chi connectivity index (χ1) is 11.8. The van der Waals surface area contributed by atoms with Gasteiger partial charge in [-0.2, -0.15) is 5.10 Å². The van der Waals surface area contributed by atoms with Gasteiger partial charge in [0.1, 0.15) is 6.26 Å². The number of oxazole rings is 1. The Kier molecular flexibility index (Phi) is 4.34. The lowest BCUT2D eigenvalue weighted by Gasteiger charge is -2.24. The molecule has 2 aliphatic rings. The van der Waals surface area contributed by atoms with Gasteiger partial charge in [-0.05, 0) is 24.8 Å². The van der Waals surface area contributed by atoms with E-state index in [1.54, 1.807) is 11.1 Å². The van der Waals surface area contributed by atoms with Crippen LogP contribution in [0.1, 0.15) is 41.9 Å².